The van der Waals surface area contributed by atoms with Crippen molar-refractivity contribution >= 4 is 10.8 Å². The zero-order chi connectivity index (χ0) is 11.2. The van der Waals surface area contributed by atoms with Crippen LogP contribution in [-0.4, -0.2) is 5.11 Å². The maximum absolute atomic E-state index is 9.46. The van der Waals surface area contributed by atoms with Gasteiger partial charge < -0.3 is 10.8 Å². The Labute approximate surface area is 94.7 Å². The smallest absolute Gasteiger partial charge is 0.116 e. The molecular formula is C14H15NO. The highest BCUT2D eigenvalue weighted by atomic mass is 16.3. The molecule has 82 valence electrons. The summed E-state index contributed by atoms with van der Waals surface area (Å²) < 4.78 is 0. The van der Waals surface area contributed by atoms with Gasteiger partial charge in [0.25, 0.3) is 0 Å². The molecule has 0 bridgehead atoms. The molecule has 0 heterocycles. The topological polar surface area (TPSA) is 46.2 Å². The average Bonchev–Trinajstić information content (AvgIpc) is 2.24. The van der Waals surface area contributed by atoms with Crippen LogP contribution in [0.1, 0.15) is 24.8 Å². The van der Waals surface area contributed by atoms with E-state index in [1.165, 1.54) is 17.4 Å². The molecular weight excluding hydrogens is 198 g/mol. The molecule has 2 nitrogen and oxygen atoms in total. The van der Waals surface area contributed by atoms with Gasteiger partial charge in [-0.25, -0.2) is 0 Å². The Kier molecular flexibility index (Phi) is 1.95. The lowest BCUT2D eigenvalue weighted by Crippen LogP contribution is -2.43. The summed E-state index contributed by atoms with van der Waals surface area (Å²) in [4.78, 5) is 0. The molecule has 1 fully saturated rings. The molecule has 2 heteroatoms. The van der Waals surface area contributed by atoms with E-state index >= 15 is 0 Å². The second-order valence-electron chi connectivity index (χ2n) is 4.72. The van der Waals surface area contributed by atoms with Gasteiger partial charge in [-0.1, -0.05) is 24.3 Å². The van der Waals surface area contributed by atoms with Crippen molar-refractivity contribution in [3.8, 4) is 5.75 Å². The zero-order valence-electron chi connectivity index (χ0n) is 9.11. The number of fused-ring (bicyclic) bond motifs is 1. The second-order valence-corrected chi connectivity index (χ2v) is 4.72. The molecule has 0 radical (unpaired) electrons. The first-order valence-corrected chi connectivity index (χ1v) is 5.70. The van der Waals surface area contributed by atoms with Crippen LogP contribution in [0.5, 0.6) is 5.75 Å². The second kappa shape index (κ2) is 3.22. The van der Waals surface area contributed by atoms with Crippen LogP contribution in [0.25, 0.3) is 10.8 Å². The molecule has 2 aromatic rings. The lowest BCUT2D eigenvalue weighted by atomic mass is 9.71. The van der Waals surface area contributed by atoms with Gasteiger partial charge in [-0.2, -0.15) is 0 Å². The monoisotopic (exact) mass is 213 g/mol. The normalized spacial score (nSPS) is 18.3. The van der Waals surface area contributed by atoms with Gasteiger partial charge in [0.05, 0.1) is 0 Å². The third-order valence-corrected chi connectivity index (χ3v) is 3.65. The van der Waals surface area contributed by atoms with E-state index < -0.39 is 0 Å². The molecule has 1 aliphatic carbocycles. The Morgan fingerprint density at radius 2 is 1.94 bits per heavy atom. The summed E-state index contributed by atoms with van der Waals surface area (Å²) in [6.45, 7) is 0. The molecule has 0 aliphatic heterocycles. The third-order valence-electron chi connectivity index (χ3n) is 3.65. The molecule has 0 saturated heterocycles. The van der Waals surface area contributed by atoms with Crippen LogP contribution in [0.3, 0.4) is 0 Å². The van der Waals surface area contributed by atoms with E-state index in [0.29, 0.717) is 5.75 Å². The molecule has 3 rings (SSSR count). The summed E-state index contributed by atoms with van der Waals surface area (Å²) in [5.41, 5.74) is 7.44. The van der Waals surface area contributed by atoms with Crippen molar-refractivity contribution in [1.82, 2.24) is 0 Å². The number of aromatic hydroxyl groups is 1. The first kappa shape index (κ1) is 9.67. The summed E-state index contributed by atoms with van der Waals surface area (Å²) in [6.07, 6.45) is 3.34. The maximum Gasteiger partial charge on any atom is 0.116 e. The fraction of sp³-hybridized carbons (Fsp3) is 0.286. The van der Waals surface area contributed by atoms with E-state index in [0.717, 1.165) is 18.2 Å². The fourth-order valence-electron chi connectivity index (χ4n) is 2.53. The van der Waals surface area contributed by atoms with E-state index in [4.69, 9.17) is 5.73 Å². The standard InChI is InChI=1S/C14H15NO/c15-14(7-2-8-14)13-4-1-3-10-9-11(16)5-6-12(10)13/h1,3-6,9,16H,2,7-8,15H2. The van der Waals surface area contributed by atoms with Crippen LogP contribution < -0.4 is 5.73 Å². The van der Waals surface area contributed by atoms with E-state index in [1.807, 2.05) is 18.2 Å². The molecule has 2 aromatic carbocycles. The van der Waals surface area contributed by atoms with Crippen LogP contribution >= 0.6 is 0 Å². The number of hydrogen-bond acceptors (Lipinski definition) is 2. The van der Waals surface area contributed by atoms with Gasteiger partial charge in [0, 0.05) is 5.54 Å². The van der Waals surface area contributed by atoms with Gasteiger partial charge in [-0.15, -0.1) is 0 Å². The Morgan fingerprint density at radius 3 is 2.62 bits per heavy atom. The van der Waals surface area contributed by atoms with Crippen LogP contribution in [-0.2, 0) is 5.54 Å². The van der Waals surface area contributed by atoms with Crippen molar-refractivity contribution in [3.05, 3.63) is 42.0 Å². The summed E-state index contributed by atoms with van der Waals surface area (Å²) >= 11 is 0. The van der Waals surface area contributed by atoms with E-state index in [-0.39, 0.29) is 5.54 Å². The van der Waals surface area contributed by atoms with Gasteiger partial charge in [0.15, 0.2) is 0 Å². The first-order chi connectivity index (χ1) is 7.69. The van der Waals surface area contributed by atoms with Crippen molar-refractivity contribution in [2.45, 2.75) is 24.8 Å². The molecule has 3 N–H and O–H groups in total. The molecule has 0 spiro atoms. The largest absolute Gasteiger partial charge is 0.508 e. The number of nitrogens with two attached hydrogens (primary N) is 1. The van der Waals surface area contributed by atoms with Gasteiger partial charge in [0.1, 0.15) is 5.75 Å². The lowest BCUT2D eigenvalue weighted by Gasteiger charge is -2.39. The van der Waals surface area contributed by atoms with E-state index in [2.05, 4.69) is 6.07 Å². The van der Waals surface area contributed by atoms with Gasteiger partial charge >= 0.3 is 0 Å². The van der Waals surface area contributed by atoms with E-state index in [1.54, 1.807) is 12.1 Å². The summed E-state index contributed by atoms with van der Waals surface area (Å²) in [5, 5.41) is 11.7. The number of phenolic OH excluding ortho intramolecular Hbond substituents is 1. The summed E-state index contributed by atoms with van der Waals surface area (Å²) in [5.74, 6) is 0.310. The number of benzene rings is 2. The van der Waals surface area contributed by atoms with Crippen LogP contribution in [0, 0.1) is 0 Å². The summed E-state index contributed by atoms with van der Waals surface area (Å²) in [7, 11) is 0. The number of hydrogen-bond donors (Lipinski definition) is 2. The highest BCUT2D eigenvalue weighted by Gasteiger charge is 2.35. The lowest BCUT2D eigenvalue weighted by molar-refractivity contribution is 0.256. The fourth-order valence-corrected chi connectivity index (χ4v) is 2.53. The average molecular weight is 213 g/mol. The van der Waals surface area contributed by atoms with Crippen molar-refractivity contribution in [2.75, 3.05) is 0 Å². The molecule has 1 aliphatic rings. The van der Waals surface area contributed by atoms with Crippen LogP contribution in [0.15, 0.2) is 36.4 Å². The highest BCUT2D eigenvalue weighted by Crippen LogP contribution is 2.41. The molecule has 0 aromatic heterocycles. The first-order valence-electron chi connectivity index (χ1n) is 5.70. The Hall–Kier alpha value is -1.54. The van der Waals surface area contributed by atoms with Crippen LogP contribution in [0.4, 0.5) is 0 Å². The Bertz CT molecular complexity index is 543. The van der Waals surface area contributed by atoms with Crippen molar-refractivity contribution in [2.24, 2.45) is 5.73 Å². The van der Waals surface area contributed by atoms with Gasteiger partial charge in [-0.05, 0) is 47.7 Å². The van der Waals surface area contributed by atoms with Crippen molar-refractivity contribution in [3.63, 3.8) is 0 Å². The Morgan fingerprint density at radius 1 is 1.12 bits per heavy atom. The predicted molar refractivity (Wildman–Crippen MR) is 65.3 cm³/mol. The van der Waals surface area contributed by atoms with Gasteiger partial charge in [0.2, 0.25) is 0 Å². The third kappa shape index (κ3) is 1.30. The molecule has 0 unspecified atom stereocenters. The zero-order valence-corrected chi connectivity index (χ0v) is 9.11. The van der Waals surface area contributed by atoms with Crippen LogP contribution in [0.2, 0.25) is 0 Å². The SMILES string of the molecule is NC1(c2cccc3cc(O)ccc23)CCC1. The number of rotatable bonds is 1. The number of phenols is 1. The van der Waals surface area contributed by atoms with E-state index in [9.17, 15) is 5.11 Å². The molecule has 0 amide bonds. The summed E-state index contributed by atoms with van der Waals surface area (Å²) in [6, 6.07) is 11.6. The minimum atomic E-state index is -0.142. The quantitative estimate of drug-likeness (QED) is 0.765. The van der Waals surface area contributed by atoms with Crippen molar-refractivity contribution in [1.29, 1.82) is 0 Å². The molecule has 0 atom stereocenters. The van der Waals surface area contributed by atoms with Gasteiger partial charge in [-0.3, -0.25) is 0 Å². The molecule has 16 heavy (non-hydrogen) atoms. The minimum Gasteiger partial charge on any atom is -0.508 e. The Balaban J connectivity index is 2.25. The highest BCUT2D eigenvalue weighted by molar-refractivity contribution is 5.87. The maximum atomic E-state index is 9.46. The molecule has 1 saturated carbocycles. The predicted octanol–water partition coefficient (Wildman–Crippen LogP) is 2.88. The van der Waals surface area contributed by atoms with Crippen molar-refractivity contribution < 1.29 is 5.11 Å². The minimum absolute atomic E-state index is 0.142.